The SMILES string of the molecule is C=CC(=O)N1CCN(c2snc3nc(-c4c(F)cccc4OC)c(Cl)cc23)[C@@H](C)C1. The number of benzene rings is 1. The molecule has 1 aromatic carbocycles. The summed E-state index contributed by atoms with van der Waals surface area (Å²) in [6.07, 6.45) is 1.34. The highest BCUT2D eigenvalue weighted by Crippen LogP contribution is 2.40. The van der Waals surface area contributed by atoms with Crippen LogP contribution in [-0.4, -0.2) is 53.0 Å². The van der Waals surface area contributed by atoms with Gasteiger partial charge in [0.1, 0.15) is 16.6 Å². The summed E-state index contributed by atoms with van der Waals surface area (Å²) in [7, 11) is 1.48. The molecule has 1 saturated heterocycles. The molecular weight excluding hydrogens is 427 g/mol. The highest BCUT2D eigenvalue weighted by Gasteiger charge is 2.29. The summed E-state index contributed by atoms with van der Waals surface area (Å²) in [5.74, 6) is -0.171. The Morgan fingerprint density at radius 2 is 2.23 bits per heavy atom. The molecule has 2 aromatic heterocycles. The maximum atomic E-state index is 14.5. The number of piperazine rings is 1. The molecule has 1 aliphatic rings. The molecule has 1 atom stereocenters. The minimum Gasteiger partial charge on any atom is -0.496 e. The van der Waals surface area contributed by atoms with Crippen molar-refractivity contribution in [3.63, 3.8) is 0 Å². The summed E-state index contributed by atoms with van der Waals surface area (Å²) < 4.78 is 24.3. The molecule has 0 bridgehead atoms. The van der Waals surface area contributed by atoms with Crippen LogP contribution in [0.4, 0.5) is 9.39 Å². The summed E-state index contributed by atoms with van der Waals surface area (Å²) in [5, 5.41) is 2.06. The highest BCUT2D eigenvalue weighted by molar-refractivity contribution is 7.11. The lowest BCUT2D eigenvalue weighted by Gasteiger charge is -2.40. The van der Waals surface area contributed by atoms with Crippen molar-refractivity contribution in [1.29, 1.82) is 0 Å². The van der Waals surface area contributed by atoms with Crippen molar-refractivity contribution in [1.82, 2.24) is 14.3 Å². The number of carbonyl (C=O) groups excluding carboxylic acids is 1. The molecule has 156 valence electrons. The molecule has 0 radical (unpaired) electrons. The van der Waals surface area contributed by atoms with E-state index in [9.17, 15) is 9.18 Å². The molecule has 30 heavy (non-hydrogen) atoms. The Labute approximate surface area is 182 Å². The fourth-order valence-electron chi connectivity index (χ4n) is 3.72. The van der Waals surface area contributed by atoms with Crippen molar-refractivity contribution < 1.29 is 13.9 Å². The number of hydrogen-bond acceptors (Lipinski definition) is 6. The van der Waals surface area contributed by atoms with Crippen LogP contribution in [0.15, 0.2) is 36.9 Å². The molecule has 3 heterocycles. The molecule has 0 unspecified atom stereocenters. The van der Waals surface area contributed by atoms with Crippen LogP contribution in [0.2, 0.25) is 5.02 Å². The fourth-order valence-corrected chi connectivity index (χ4v) is 4.90. The van der Waals surface area contributed by atoms with Gasteiger partial charge in [-0.2, -0.15) is 4.37 Å². The lowest BCUT2D eigenvalue weighted by atomic mass is 10.1. The second kappa shape index (κ2) is 8.20. The van der Waals surface area contributed by atoms with E-state index < -0.39 is 5.82 Å². The largest absolute Gasteiger partial charge is 0.496 e. The van der Waals surface area contributed by atoms with E-state index in [1.165, 1.54) is 30.8 Å². The number of methoxy groups -OCH3 is 1. The van der Waals surface area contributed by atoms with Crippen LogP contribution in [0.5, 0.6) is 5.75 Å². The van der Waals surface area contributed by atoms with Gasteiger partial charge in [-0.15, -0.1) is 0 Å². The van der Waals surface area contributed by atoms with Crippen LogP contribution in [0.25, 0.3) is 22.3 Å². The third-order valence-electron chi connectivity index (χ3n) is 5.21. The molecular formula is C21H20ClFN4O2S. The van der Waals surface area contributed by atoms with E-state index in [4.69, 9.17) is 16.3 Å². The van der Waals surface area contributed by atoms with Crippen LogP contribution in [-0.2, 0) is 4.79 Å². The summed E-state index contributed by atoms with van der Waals surface area (Å²) in [6.45, 7) is 7.47. The molecule has 9 heteroatoms. The van der Waals surface area contributed by atoms with E-state index in [1.54, 1.807) is 23.1 Å². The molecule has 3 aromatic rings. The van der Waals surface area contributed by atoms with Crippen LogP contribution < -0.4 is 9.64 Å². The number of rotatable bonds is 4. The van der Waals surface area contributed by atoms with E-state index in [0.717, 1.165) is 10.4 Å². The van der Waals surface area contributed by atoms with Gasteiger partial charge < -0.3 is 14.5 Å². The molecule has 0 spiro atoms. The van der Waals surface area contributed by atoms with Gasteiger partial charge >= 0.3 is 0 Å². The maximum Gasteiger partial charge on any atom is 0.246 e. The first kappa shape index (κ1) is 20.6. The van der Waals surface area contributed by atoms with Crippen molar-refractivity contribution in [2.45, 2.75) is 13.0 Å². The average Bonchev–Trinajstić information content (AvgIpc) is 3.14. The van der Waals surface area contributed by atoms with E-state index >= 15 is 0 Å². The standard InChI is InChI=1S/C21H20ClFN4O2S/c1-4-17(28)26-8-9-27(12(2)11-26)21-13-10-14(22)19(24-20(13)25-30-21)18-15(23)6-5-7-16(18)29-3/h4-7,10,12H,1,8-9,11H2,2-3H3/t12-/m0/s1. The molecule has 6 nitrogen and oxygen atoms in total. The fraction of sp³-hybridized carbons (Fsp3) is 0.286. The molecule has 0 N–H and O–H groups in total. The maximum absolute atomic E-state index is 14.5. The second-order valence-corrected chi connectivity index (χ2v) is 8.18. The van der Waals surface area contributed by atoms with E-state index in [2.05, 4.69) is 27.8 Å². The lowest BCUT2D eigenvalue weighted by Crippen LogP contribution is -2.53. The van der Waals surface area contributed by atoms with Gasteiger partial charge in [0.05, 0.1) is 28.8 Å². The smallest absolute Gasteiger partial charge is 0.246 e. The molecule has 1 fully saturated rings. The third kappa shape index (κ3) is 3.50. The van der Waals surface area contributed by atoms with Crippen LogP contribution in [0.3, 0.4) is 0 Å². The Bertz CT molecular complexity index is 1140. The van der Waals surface area contributed by atoms with Crippen molar-refractivity contribution >= 4 is 45.1 Å². The van der Waals surface area contributed by atoms with Crippen molar-refractivity contribution in [2.24, 2.45) is 0 Å². The number of nitrogens with zero attached hydrogens (tertiary/aromatic N) is 4. The zero-order valence-electron chi connectivity index (χ0n) is 16.6. The van der Waals surface area contributed by atoms with Crippen LogP contribution in [0, 0.1) is 5.82 Å². The van der Waals surface area contributed by atoms with E-state index in [-0.39, 0.29) is 17.5 Å². The number of halogens is 2. The zero-order chi connectivity index (χ0) is 21.4. The normalized spacial score (nSPS) is 16.7. The van der Waals surface area contributed by atoms with Gasteiger partial charge in [0, 0.05) is 25.7 Å². The minimum atomic E-state index is -0.463. The first-order valence-electron chi connectivity index (χ1n) is 9.41. The average molecular weight is 447 g/mol. The molecule has 0 aliphatic carbocycles. The quantitative estimate of drug-likeness (QED) is 0.556. The van der Waals surface area contributed by atoms with Gasteiger partial charge in [-0.05, 0) is 42.7 Å². The summed E-state index contributed by atoms with van der Waals surface area (Å²) in [4.78, 5) is 20.5. The van der Waals surface area contributed by atoms with Crippen molar-refractivity contribution in [2.75, 3.05) is 31.6 Å². The first-order chi connectivity index (χ1) is 14.4. The Morgan fingerprint density at radius 1 is 1.43 bits per heavy atom. The molecule has 0 saturated carbocycles. The van der Waals surface area contributed by atoms with Gasteiger partial charge in [0.25, 0.3) is 0 Å². The van der Waals surface area contributed by atoms with Crippen LogP contribution >= 0.6 is 23.1 Å². The van der Waals surface area contributed by atoms with Crippen molar-refractivity contribution in [3.05, 3.63) is 47.8 Å². The van der Waals surface area contributed by atoms with Crippen molar-refractivity contribution in [3.8, 4) is 17.0 Å². The topological polar surface area (TPSA) is 58.6 Å². The highest BCUT2D eigenvalue weighted by atomic mass is 35.5. The lowest BCUT2D eigenvalue weighted by molar-refractivity contribution is -0.126. The first-order valence-corrected chi connectivity index (χ1v) is 10.6. The van der Waals surface area contributed by atoms with Gasteiger partial charge in [0.15, 0.2) is 5.65 Å². The zero-order valence-corrected chi connectivity index (χ0v) is 18.1. The van der Waals surface area contributed by atoms with Gasteiger partial charge in [-0.1, -0.05) is 24.2 Å². The molecule has 1 aliphatic heterocycles. The van der Waals surface area contributed by atoms with E-state index in [0.29, 0.717) is 41.7 Å². The summed E-state index contributed by atoms with van der Waals surface area (Å²) in [5.41, 5.74) is 1.01. The van der Waals surface area contributed by atoms with Crippen LogP contribution in [0.1, 0.15) is 6.92 Å². The number of carbonyl (C=O) groups is 1. The molecule has 1 amide bonds. The predicted octanol–water partition coefficient (Wildman–Crippen LogP) is 4.38. The second-order valence-electron chi connectivity index (χ2n) is 7.03. The molecule has 4 rings (SSSR count). The number of hydrogen-bond donors (Lipinski definition) is 0. The number of pyridine rings is 1. The van der Waals surface area contributed by atoms with Gasteiger partial charge in [-0.3, -0.25) is 4.79 Å². The van der Waals surface area contributed by atoms with E-state index in [1.807, 2.05) is 0 Å². The van der Waals surface area contributed by atoms with Gasteiger partial charge in [0.2, 0.25) is 5.91 Å². The summed E-state index contributed by atoms with van der Waals surface area (Å²) >= 11 is 7.86. The number of anilines is 1. The Morgan fingerprint density at radius 3 is 2.93 bits per heavy atom. The number of fused-ring (bicyclic) bond motifs is 1. The third-order valence-corrected chi connectivity index (χ3v) is 6.39. The number of ether oxygens (including phenoxy) is 1. The monoisotopic (exact) mass is 446 g/mol. The minimum absolute atomic E-state index is 0.0659. The predicted molar refractivity (Wildman–Crippen MR) is 118 cm³/mol. The summed E-state index contributed by atoms with van der Waals surface area (Å²) in [6, 6.07) is 6.45. The Balaban J connectivity index is 1.72. The number of aromatic nitrogens is 2. The van der Waals surface area contributed by atoms with Gasteiger partial charge in [-0.25, -0.2) is 9.37 Å². The Kier molecular flexibility index (Phi) is 5.62. The number of amides is 1. The Hall–Kier alpha value is -2.71.